The molecule has 2 aromatic heterocycles. The topological polar surface area (TPSA) is 141 Å². The van der Waals surface area contributed by atoms with Gasteiger partial charge >= 0.3 is 17.9 Å². The zero-order valence-electron chi connectivity index (χ0n) is 24.3. The summed E-state index contributed by atoms with van der Waals surface area (Å²) in [4.78, 5) is 53.4. The fourth-order valence-corrected chi connectivity index (χ4v) is 5.60. The Balaban J connectivity index is 1.41. The number of carbonyl (C=O) groups is 3. The van der Waals surface area contributed by atoms with Gasteiger partial charge in [0.25, 0.3) is 0 Å². The molecule has 0 saturated carbocycles. The van der Waals surface area contributed by atoms with E-state index in [9.17, 15) is 14.4 Å². The largest absolute Gasteiger partial charge is 0.452 e. The molecule has 12 nitrogen and oxygen atoms in total. The van der Waals surface area contributed by atoms with E-state index in [2.05, 4.69) is 37.5 Å². The molecule has 1 saturated heterocycles. The molecule has 0 amide bonds. The zero-order valence-corrected chi connectivity index (χ0v) is 26.5. The van der Waals surface area contributed by atoms with Gasteiger partial charge in [-0.2, -0.15) is 0 Å². The SMILES string of the molecule is CO[C@H]1O[C@H](Cn2cnc3c(I)ncnc32)[C@@H](OC(=O)c2ccccc2)[C@H](OC(=O)c2ccccc2)[C@H]1OC(=O)c1ccccc1. The van der Waals surface area contributed by atoms with Crippen LogP contribution >= 0.6 is 22.6 Å². The molecule has 13 heteroatoms. The smallest absolute Gasteiger partial charge is 0.338 e. The van der Waals surface area contributed by atoms with Gasteiger partial charge in [-0.15, -0.1) is 0 Å². The molecule has 5 aromatic rings. The van der Waals surface area contributed by atoms with E-state index in [-0.39, 0.29) is 23.2 Å². The van der Waals surface area contributed by atoms with Crippen LogP contribution in [-0.4, -0.2) is 75.2 Å². The Morgan fingerprint density at radius 2 is 1.22 bits per heavy atom. The third-order valence-electron chi connectivity index (χ3n) is 7.31. The Morgan fingerprint density at radius 1 is 0.717 bits per heavy atom. The molecule has 3 aromatic carbocycles. The monoisotopic (exact) mass is 734 g/mol. The van der Waals surface area contributed by atoms with Crippen molar-refractivity contribution < 1.29 is 38.1 Å². The highest BCUT2D eigenvalue weighted by atomic mass is 127. The third-order valence-corrected chi connectivity index (χ3v) is 8.10. The number of rotatable bonds is 9. The molecule has 0 spiro atoms. The summed E-state index contributed by atoms with van der Waals surface area (Å²) in [5.41, 5.74) is 1.84. The van der Waals surface area contributed by atoms with Gasteiger partial charge in [0.05, 0.1) is 29.6 Å². The van der Waals surface area contributed by atoms with Gasteiger partial charge < -0.3 is 28.3 Å². The molecule has 234 valence electrons. The van der Waals surface area contributed by atoms with Crippen LogP contribution in [0.25, 0.3) is 11.2 Å². The summed E-state index contributed by atoms with van der Waals surface area (Å²) in [6, 6.07) is 25.0. The van der Waals surface area contributed by atoms with Gasteiger partial charge in [0, 0.05) is 7.11 Å². The molecule has 3 heterocycles. The zero-order chi connectivity index (χ0) is 32.0. The predicted molar refractivity (Wildman–Crippen MR) is 171 cm³/mol. The summed E-state index contributed by atoms with van der Waals surface area (Å²) < 4.78 is 32.4. The average molecular weight is 735 g/mol. The Bertz CT molecular complexity index is 1820. The van der Waals surface area contributed by atoms with E-state index in [0.717, 1.165) is 0 Å². The second-order valence-electron chi connectivity index (χ2n) is 10.2. The lowest BCUT2D eigenvalue weighted by Gasteiger charge is -2.44. The molecular weight excluding hydrogens is 707 g/mol. The maximum absolute atomic E-state index is 13.5. The summed E-state index contributed by atoms with van der Waals surface area (Å²) in [6.45, 7) is 0.0505. The lowest BCUT2D eigenvalue weighted by molar-refractivity contribution is -0.289. The minimum atomic E-state index is -1.36. The number of esters is 3. The molecule has 0 bridgehead atoms. The summed E-state index contributed by atoms with van der Waals surface area (Å²) in [5.74, 6) is -2.13. The number of hydrogen-bond acceptors (Lipinski definition) is 11. The molecular formula is C33H27IN4O8. The quantitative estimate of drug-likeness (QED) is 0.0917. The third kappa shape index (κ3) is 6.76. The van der Waals surface area contributed by atoms with Gasteiger partial charge in [0.2, 0.25) is 0 Å². The lowest BCUT2D eigenvalue weighted by atomic mass is 9.97. The number of ether oxygens (including phenoxy) is 5. The maximum Gasteiger partial charge on any atom is 0.338 e. The van der Waals surface area contributed by atoms with Crippen molar-refractivity contribution >= 4 is 51.7 Å². The fourth-order valence-electron chi connectivity index (χ4n) is 5.09. The molecule has 1 aliphatic rings. The van der Waals surface area contributed by atoms with Crippen molar-refractivity contribution in [3.8, 4) is 0 Å². The Kier molecular flexibility index (Phi) is 9.61. The van der Waals surface area contributed by atoms with Crippen LogP contribution in [0.4, 0.5) is 0 Å². The van der Waals surface area contributed by atoms with Gasteiger partial charge in [0.15, 0.2) is 30.2 Å². The Labute approximate surface area is 276 Å². The summed E-state index contributed by atoms with van der Waals surface area (Å²) in [5, 5.41) is 0. The van der Waals surface area contributed by atoms with Crippen molar-refractivity contribution in [1.82, 2.24) is 19.5 Å². The van der Waals surface area contributed by atoms with E-state index < -0.39 is 48.6 Å². The van der Waals surface area contributed by atoms with Crippen LogP contribution in [0.2, 0.25) is 0 Å². The van der Waals surface area contributed by atoms with Gasteiger partial charge in [-0.1, -0.05) is 54.6 Å². The fraction of sp³-hybridized carbons (Fsp3) is 0.212. The summed E-state index contributed by atoms with van der Waals surface area (Å²) in [7, 11) is 1.37. The van der Waals surface area contributed by atoms with Crippen LogP contribution in [0, 0.1) is 3.70 Å². The van der Waals surface area contributed by atoms with Crippen molar-refractivity contribution in [1.29, 1.82) is 0 Å². The van der Waals surface area contributed by atoms with Crippen molar-refractivity contribution in [2.45, 2.75) is 37.3 Å². The predicted octanol–water partition coefficient (Wildman–Crippen LogP) is 4.48. The number of carbonyl (C=O) groups excluding carboxylic acids is 3. The minimum Gasteiger partial charge on any atom is -0.452 e. The molecule has 0 N–H and O–H groups in total. The van der Waals surface area contributed by atoms with Gasteiger partial charge in [-0.3, -0.25) is 0 Å². The van der Waals surface area contributed by atoms with Crippen LogP contribution in [-0.2, 0) is 30.2 Å². The Morgan fingerprint density at radius 3 is 1.74 bits per heavy atom. The van der Waals surface area contributed by atoms with E-state index in [1.54, 1.807) is 102 Å². The van der Waals surface area contributed by atoms with E-state index in [0.29, 0.717) is 14.9 Å². The van der Waals surface area contributed by atoms with Crippen molar-refractivity contribution in [3.05, 3.63) is 124 Å². The van der Waals surface area contributed by atoms with E-state index in [1.165, 1.54) is 13.4 Å². The number of fused-ring (bicyclic) bond motifs is 1. The number of halogens is 1. The van der Waals surface area contributed by atoms with Gasteiger partial charge in [-0.25, -0.2) is 29.3 Å². The second kappa shape index (κ2) is 14.1. The van der Waals surface area contributed by atoms with Crippen LogP contribution in [0.1, 0.15) is 31.1 Å². The molecule has 0 aliphatic carbocycles. The lowest BCUT2D eigenvalue weighted by Crippen LogP contribution is -2.62. The first-order valence-electron chi connectivity index (χ1n) is 14.2. The van der Waals surface area contributed by atoms with Gasteiger partial charge in [-0.05, 0) is 59.0 Å². The highest BCUT2D eigenvalue weighted by molar-refractivity contribution is 14.1. The second-order valence-corrected chi connectivity index (χ2v) is 11.2. The first kappa shape index (κ1) is 31.3. The minimum absolute atomic E-state index is 0.0505. The van der Waals surface area contributed by atoms with Crippen LogP contribution in [0.5, 0.6) is 0 Å². The number of benzene rings is 3. The standard InChI is InChI=1S/C33H27IN4O8/c1-42-33-27(46-32(41)22-15-9-4-10-16-22)26(45-31(40)21-13-7-3-8-14-21)25(44-30(39)20-11-5-2-6-12-20)23(43-33)17-38-19-37-24-28(34)35-18-36-29(24)38/h2-16,18-19,23,25-27,33H,17H2,1H3/t23-,25-,26+,27-,33+/m1/s1. The van der Waals surface area contributed by atoms with E-state index in [1.807, 2.05) is 0 Å². The number of methoxy groups -OCH3 is 1. The first-order valence-corrected chi connectivity index (χ1v) is 15.3. The normalized spacial score (nSPS) is 21.0. The first-order chi connectivity index (χ1) is 22.4. The highest BCUT2D eigenvalue weighted by Gasteiger charge is 2.53. The Hall–Kier alpha value is -4.73. The van der Waals surface area contributed by atoms with E-state index >= 15 is 0 Å². The number of hydrogen-bond donors (Lipinski definition) is 0. The number of nitrogens with zero attached hydrogens (tertiary/aromatic N) is 4. The van der Waals surface area contributed by atoms with Crippen LogP contribution in [0.15, 0.2) is 104 Å². The van der Waals surface area contributed by atoms with Crippen molar-refractivity contribution in [3.63, 3.8) is 0 Å². The number of aromatic nitrogens is 4. The molecule has 1 aliphatic heterocycles. The molecule has 46 heavy (non-hydrogen) atoms. The maximum atomic E-state index is 13.5. The summed E-state index contributed by atoms with van der Waals surface area (Å²) >= 11 is 2.06. The van der Waals surface area contributed by atoms with Crippen molar-refractivity contribution in [2.24, 2.45) is 0 Å². The van der Waals surface area contributed by atoms with Crippen LogP contribution < -0.4 is 0 Å². The highest BCUT2D eigenvalue weighted by Crippen LogP contribution is 2.32. The molecule has 1 fully saturated rings. The van der Waals surface area contributed by atoms with E-state index in [4.69, 9.17) is 23.7 Å². The molecule has 5 atom stereocenters. The summed E-state index contributed by atoms with van der Waals surface area (Å²) in [6.07, 6.45) is -3.20. The molecule has 6 rings (SSSR count). The van der Waals surface area contributed by atoms with Crippen LogP contribution in [0.3, 0.4) is 0 Å². The molecule has 0 unspecified atom stereocenters. The number of imidazole rings is 1. The van der Waals surface area contributed by atoms with Crippen molar-refractivity contribution in [2.75, 3.05) is 7.11 Å². The average Bonchev–Trinajstić information content (AvgIpc) is 3.51. The molecule has 0 radical (unpaired) electrons. The van der Waals surface area contributed by atoms with Gasteiger partial charge in [0.1, 0.15) is 21.6 Å².